The van der Waals surface area contributed by atoms with Gasteiger partial charge in [0.05, 0.1) is 0 Å². The summed E-state index contributed by atoms with van der Waals surface area (Å²) in [5, 5.41) is 2.55. The predicted molar refractivity (Wildman–Crippen MR) is 201 cm³/mol. The van der Waals surface area contributed by atoms with Crippen molar-refractivity contribution in [1.29, 1.82) is 0 Å². The molecule has 0 aliphatic carbocycles. The number of unbranched alkanes of at least 4 members (excludes halogenated alkanes) is 14. The monoisotopic (exact) mass is 665 g/mol. The normalized spacial score (nSPS) is 11.7. The molecule has 0 aromatic carbocycles. The minimum absolute atomic E-state index is 0.0175. The van der Waals surface area contributed by atoms with Crippen LogP contribution in [0.2, 0.25) is 0 Å². The molecule has 0 aromatic heterocycles. The Kier molecular flexibility index (Phi) is 37.0. The van der Waals surface area contributed by atoms with Crippen LogP contribution >= 0.6 is 47.0 Å². The fourth-order valence-corrected chi connectivity index (χ4v) is 9.34. The highest BCUT2D eigenvalue weighted by Gasteiger charge is 2.14. The fourth-order valence-electron chi connectivity index (χ4n) is 4.87. The second-order valence-electron chi connectivity index (χ2n) is 12.1. The smallest absolute Gasteiger partial charge is 0.306 e. The zero-order valence-corrected chi connectivity index (χ0v) is 31.7. The van der Waals surface area contributed by atoms with E-state index in [1.807, 2.05) is 0 Å². The van der Waals surface area contributed by atoms with E-state index in [1.54, 1.807) is 0 Å². The second-order valence-corrected chi connectivity index (χ2v) is 17.3. The zero-order valence-electron chi connectivity index (χ0n) is 28.5. The van der Waals surface area contributed by atoms with E-state index in [0.717, 1.165) is 25.8 Å². The number of hydrogen-bond acceptors (Lipinski definition) is 7. The largest absolute Gasteiger partial charge is 0.462 e. The minimum Gasteiger partial charge on any atom is -0.462 e. The third kappa shape index (κ3) is 35.3. The summed E-state index contributed by atoms with van der Waals surface area (Å²) in [5.74, 6) is 5.34. The molecule has 0 N–H and O–H groups in total. The first-order chi connectivity index (χ1) is 20.6. The van der Waals surface area contributed by atoms with Crippen LogP contribution in [0.4, 0.5) is 0 Å². The molecule has 0 atom stereocenters. The lowest BCUT2D eigenvalue weighted by atomic mass is 10.0. The van der Waals surface area contributed by atoms with Gasteiger partial charge in [0.2, 0.25) is 0 Å². The summed E-state index contributed by atoms with van der Waals surface area (Å²) < 4.78 is 5.99. The summed E-state index contributed by atoms with van der Waals surface area (Å²) in [5.41, 5.74) is 0. The van der Waals surface area contributed by atoms with Gasteiger partial charge < -0.3 is 9.64 Å². The molecule has 252 valence electrons. The van der Waals surface area contributed by atoms with E-state index in [9.17, 15) is 4.79 Å². The van der Waals surface area contributed by atoms with Crippen LogP contribution in [0.5, 0.6) is 0 Å². The number of thioether (sulfide) groups is 4. The molecular formula is C35H71NO2S4. The summed E-state index contributed by atoms with van der Waals surface area (Å²) in [6.07, 6.45) is 27.7. The number of carbonyl (C=O) groups excluding carboxylic acids is 1. The predicted octanol–water partition coefficient (Wildman–Crippen LogP) is 11.9. The molecule has 0 amide bonds. The Hall–Kier alpha value is 0.830. The summed E-state index contributed by atoms with van der Waals surface area (Å²) in [4.78, 5) is 14.6. The molecule has 0 saturated carbocycles. The van der Waals surface area contributed by atoms with E-state index in [4.69, 9.17) is 4.74 Å². The number of esters is 1. The van der Waals surface area contributed by atoms with Crippen molar-refractivity contribution in [2.45, 2.75) is 161 Å². The number of ether oxygens (including phenoxy) is 1. The number of rotatable bonds is 35. The van der Waals surface area contributed by atoms with Crippen molar-refractivity contribution in [1.82, 2.24) is 4.90 Å². The van der Waals surface area contributed by atoms with Crippen molar-refractivity contribution in [3.63, 3.8) is 0 Å². The third-order valence-corrected chi connectivity index (χ3v) is 12.5. The van der Waals surface area contributed by atoms with Crippen LogP contribution in [-0.2, 0) is 9.53 Å². The van der Waals surface area contributed by atoms with E-state index in [1.165, 1.54) is 149 Å². The van der Waals surface area contributed by atoms with Crippen LogP contribution in [0, 0.1) is 0 Å². The lowest BCUT2D eigenvalue weighted by Crippen LogP contribution is -2.20. The molecule has 0 aliphatic heterocycles. The highest BCUT2D eigenvalue weighted by molar-refractivity contribution is 8.16. The Morgan fingerprint density at radius 2 is 0.929 bits per heavy atom. The number of hydrogen-bond donors (Lipinski definition) is 0. The number of nitrogens with zero attached hydrogens (tertiary/aromatic N) is 1. The highest BCUT2D eigenvalue weighted by Crippen LogP contribution is 2.20. The van der Waals surface area contributed by atoms with Crippen molar-refractivity contribution < 1.29 is 9.53 Å². The van der Waals surface area contributed by atoms with Crippen molar-refractivity contribution in [3.8, 4) is 0 Å². The Bertz CT molecular complexity index is 507. The van der Waals surface area contributed by atoms with Gasteiger partial charge >= 0.3 is 5.97 Å². The Morgan fingerprint density at radius 3 is 1.33 bits per heavy atom. The van der Waals surface area contributed by atoms with Gasteiger partial charge in [-0.2, -0.15) is 47.0 Å². The summed E-state index contributed by atoms with van der Waals surface area (Å²) in [6, 6.07) is 0. The van der Waals surface area contributed by atoms with Crippen LogP contribution in [0.15, 0.2) is 0 Å². The lowest BCUT2D eigenvalue weighted by molar-refractivity contribution is -0.150. The molecule has 0 saturated heterocycles. The molecule has 0 rings (SSSR count). The topological polar surface area (TPSA) is 29.5 Å². The van der Waals surface area contributed by atoms with Gasteiger partial charge in [-0.25, -0.2) is 0 Å². The maximum Gasteiger partial charge on any atom is 0.306 e. The maximum atomic E-state index is 12.5. The fraction of sp³-hybridized carbons (Fsp3) is 0.971. The molecule has 0 aliphatic rings. The molecule has 0 aromatic rings. The first-order valence-electron chi connectivity index (χ1n) is 17.7. The quantitative estimate of drug-likeness (QED) is 0.0378. The van der Waals surface area contributed by atoms with Gasteiger partial charge in [0.15, 0.2) is 0 Å². The standard InChI is InChI=1S/C35H71NO2S4/c1-5-7-19-28-39-32-41-30-21-15-11-9-13-17-24-34(38-35(37)26-23-27-36(3)4)25-18-14-10-12-16-22-31-42-33-40-29-20-8-6-2/h34H,5-33H2,1-4H3. The molecule has 3 nitrogen and oxygen atoms in total. The van der Waals surface area contributed by atoms with Crippen LogP contribution in [-0.4, -0.2) is 70.8 Å². The molecule has 7 heteroatoms. The first kappa shape index (κ1) is 42.8. The minimum atomic E-state index is 0.0175. The maximum absolute atomic E-state index is 12.5. The van der Waals surface area contributed by atoms with Gasteiger partial charge in [0, 0.05) is 16.6 Å². The SMILES string of the molecule is CCCCCSCSCCCCCCCCC(CCCCCCCCSCSCCCCC)OC(=O)CCCN(C)C. The van der Waals surface area contributed by atoms with Crippen molar-refractivity contribution >= 4 is 53.0 Å². The Balaban J connectivity index is 3.89. The van der Waals surface area contributed by atoms with Crippen molar-refractivity contribution in [2.75, 3.05) is 53.8 Å². The highest BCUT2D eigenvalue weighted by atomic mass is 32.2. The number of carbonyl (C=O) groups is 1. The third-order valence-electron chi connectivity index (χ3n) is 7.53. The van der Waals surface area contributed by atoms with E-state index in [0.29, 0.717) is 6.42 Å². The summed E-state index contributed by atoms with van der Waals surface area (Å²) in [7, 11) is 4.13. The average Bonchev–Trinajstić information content (AvgIpc) is 2.97. The zero-order chi connectivity index (χ0) is 30.8. The molecular weight excluding hydrogens is 595 g/mol. The van der Waals surface area contributed by atoms with Crippen LogP contribution in [0.1, 0.15) is 155 Å². The summed E-state index contributed by atoms with van der Waals surface area (Å²) in [6.45, 7) is 5.51. The van der Waals surface area contributed by atoms with Gasteiger partial charge in [-0.15, -0.1) is 0 Å². The first-order valence-corrected chi connectivity index (χ1v) is 22.4. The van der Waals surface area contributed by atoms with E-state index < -0.39 is 0 Å². The van der Waals surface area contributed by atoms with Crippen LogP contribution in [0.3, 0.4) is 0 Å². The van der Waals surface area contributed by atoms with Gasteiger partial charge in [-0.05, 0) is 101 Å². The Labute approximate surface area is 281 Å². The second kappa shape index (κ2) is 36.3. The Morgan fingerprint density at radius 1 is 0.548 bits per heavy atom. The molecule has 42 heavy (non-hydrogen) atoms. The van der Waals surface area contributed by atoms with E-state index in [2.05, 4.69) is 79.9 Å². The van der Waals surface area contributed by atoms with Crippen molar-refractivity contribution in [2.24, 2.45) is 0 Å². The van der Waals surface area contributed by atoms with Gasteiger partial charge in [0.1, 0.15) is 6.10 Å². The average molecular weight is 666 g/mol. The van der Waals surface area contributed by atoms with Crippen LogP contribution < -0.4 is 0 Å². The van der Waals surface area contributed by atoms with E-state index >= 15 is 0 Å². The van der Waals surface area contributed by atoms with Crippen molar-refractivity contribution in [3.05, 3.63) is 0 Å². The molecule has 0 radical (unpaired) electrons. The van der Waals surface area contributed by atoms with E-state index in [-0.39, 0.29) is 12.1 Å². The lowest BCUT2D eigenvalue weighted by Gasteiger charge is -2.18. The van der Waals surface area contributed by atoms with Gasteiger partial charge in [-0.1, -0.05) is 90.9 Å². The molecule has 0 heterocycles. The molecule has 0 unspecified atom stereocenters. The molecule has 0 bridgehead atoms. The van der Waals surface area contributed by atoms with Gasteiger partial charge in [0.25, 0.3) is 0 Å². The molecule has 0 fully saturated rings. The summed E-state index contributed by atoms with van der Waals surface area (Å²) >= 11 is 8.49. The molecule has 0 spiro atoms. The van der Waals surface area contributed by atoms with Crippen LogP contribution in [0.25, 0.3) is 0 Å². The van der Waals surface area contributed by atoms with Gasteiger partial charge in [-0.3, -0.25) is 4.79 Å².